The second-order valence-electron chi connectivity index (χ2n) is 7.84. The molecule has 1 aromatic rings. The summed E-state index contributed by atoms with van der Waals surface area (Å²) in [7, 11) is 0. The zero-order valence-electron chi connectivity index (χ0n) is 16.5. The molecule has 1 aromatic carbocycles. The molecule has 0 atom stereocenters. The van der Waals surface area contributed by atoms with Crippen molar-refractivity contribution in [3.8, 4) is 0 Å². The average Bonchev–Trinajstić information content (AvgIpc) is 2.56. The Hall–Kier alpha value is -2.39. The highest BCUT2D eigenvalue weighted by Gasteiger charge is 2.29. The second-order valence-corrected chi connectivity index (χ2v) is 7.84. The van der Waals surface area contributed by atoms with Crippen molar-refractivity contribution in [2.75, 3.05) is 26.2 Å². The maximum absolute atomic E-state index is 13.4. The predicted molar refractivity (Wildman–Crippen MR) is 102 cm³/mol. The Morgan fingerprint density at radius 2 is 1.86 bits per heavy atom. The van der Waals surface area contributed by atoms with Crippen LogP contribution in [0.15, 0.2) is 17.2 Å². The normalized spacial score (nSPS) is 15.9. The molecule has 0 bridgehead atoms. The smallest absolute Gasteiger partial charge is 0.445 e. The van der Waals surface area contributed by atoms with Gasteiger partial charge in [-0.05, 0) is 44.9 Å². The van der Waals surface area contributed by atoms with Crippen LogP contribution in [0.1, 0.15) is 31.9 Å². The third-order valence-electron chi connectivity index (χ3n) is 4.42. The Morgan fingerprint density at radius 3 is 2.36 bits per heavy atom. The van der Waals surface area contributed by atoms with E-state index in [1.165, 1.54) is 13.0 Å². The van der Waals surface area contributed by atoms with Crippen molar-refractivity contribution < 1.29 is 22.5 Å². The molecule has 1 heterocycles. The van der Waals surface area contributed by atoms with E-state index in [1.807, 2.05) is 4.90 Å². The maximum Gasteiger partial charge on any atom is 0.509 e. The van der Waals surface area contributed by atoms with Crippen molar-refractivity contribution in [1.29, 1.82) is 0 Å². The van der Waals surface area contributed by atoms with Gasteiger partial charge in [0.2, 0.25) is 0 Å². The van der Waals surface area contributed by atoms with Crippen molar-refractivity contribution in [1.82, 2.24) is 9.80 Å². The molecule has 11 heteroatoms. The van der Waals surface area contributed by atoms with Gasteiger partial charge in [-0.1, -0.05) is 16.7 Å². The highest BCUT2D eigenvalue weighted by Crippen LogP contribution is 2.24. The molecule has 0 N–H and O–H groups in total. The van der Waals surface area contributed by atoms with Gasteiger partial charge in [-0.3, -0.25) is 4.90 Å². The molecule has 2 rings (SSSR count). The number of nitrogens with zero attached hydrogens (tertiary/aromatic N) is 5. The van der Waals surface area contributed by atoms with Gasteiger partial charge in [0.05, 0.1) is 0 Å². The number of rotatable bonds is 4. The molecule has 1 amide bonds. The van der Waals surface area contributed by atoms with Gasteiger partial charge in [0.15, 0.2) is 0 Å². The van der Waals surface area contributed by atoms with Crippen molar-refractivity contribution in [2.45, 2.75) is 39.8 Å². The topological polar surface area (TPSA) is 81.5 Å². The fourth-order valence-electron chi connectivity index (χ4n) is 3.04. The van der Waals surface area contributed by atoms with Crippen LogP contribution in [-0.2, 0) is 11.3 Å². The van der Waals surface area contributed by atoms with E-state index in [2.05, 4.69) is 10.0 Å². The molecule has 1 aliphatic heterocycles. The molecule has 1 saturated heterocycles. The highest BCUT2D eigenvalue weighted by molar-refractivity contribution is 6.74. The molecular weight excluding hydrogens is 374 g/mol. The van der Waals surface area contributed by atoms with Crippen molar-refractivity contribution in [3.63, 3.8) is 0 Å². The predicted octanol–water partition coefficient (Wildman–Crippen LogP) is 4.04. The van der Waals surface area contributed by atoms with Gasteiger partial charge < -0.3 is 22.6 Å². The van der Waals surface area contributed by atoms with Gasteiger partial charge in [-0.15, -0.1) is 5.46 Å². The molecular formula is C17H24BF3N5O2-. The van der Waals surface area contributed by atoms with Crippen LogP contribution in [0.3, 0.4) is 0 Å². The summed E-state index contributed by atoms with van der Waals surface area (Å²) in [5, 5.41) is 3.41. The van der Waals surface area contributed by atoms with Crippen molar-refractivity contribution in [2.24, 2.45) is 5.11 Å². The summed E-state index contributed by atoms with van der Waals surface area (Å²) in [6.45, 7) is 3.61. The number of carbonyl (C=O) groups excluding carboxylic acids is 1. The summed E-state index contributed by atoms with van der Waals surface area (Å²) in [5.41, 5.74) is 7.66. The molecule has 1 aliphatic rings. The van der Waals surface area contributed by atoms with Crippen LogP contribution in [0.25, 0.3) is 10.4 Å². The van der Waals surface area contributed by atoms with Crippen molar-refractivity contribution in [3.05, 3.63) is 33.7 Å². The lowest BCUT2D eigenvalue weighted by atomic mass is 9.76. The lowest BCUT2D eigenvalue weighted by molar-refractivity contribution is 0.0139. The highest BCUT2D eigenvalue weighted by atomic mass is 19.4. The number of benzene rings is 1. The number of hydrogen-bond donors (Lipinski definition) is 0. The van der Waals surface area contributed by atoms with Crippen LogP contribution in [0.4, 0.5) is 23.4 Å². The zero-order chi connectivity index (χ0) is 21.1. The first-order valence-electron chi connectivity index (χ1n) is 8.99. The molecule has 28 heavy (non-hydrogen) atoms. The minimum atomic E-state index is -5.22. The summed E-state index contributed by atoms with van der Waals surface area (Å²) in [6, 6.07) is 2.60. The van der Waals surface area contributed by atoms with Gasteiger partial charge >= 0.3 is 13.1 Å². The SMILES string of the molecule is Cc1c(N=[N+]=[N-])cc(CN2CCN(C(=O)OC(C)(C)C)CC2)cc1[B-](F)(F)F. The number of halogens is 3. The quantitative estimate of drug-likeness (QED) is 0.332. The van der Waals surface area contributed by atoms with E-state index in [-0.39, 0.29) is 17.8 Å². The summed E-state index contributed by atoms with van der Waals surface area (Å²) in [4.78, 5) is 18.3. The molecule has 0 unspecified atom stereocenters. The Morgan fingerprint density at radius 1 is 1.25 bits per heavy atom. The molecule has 154 valence electrons. The lowest BCUT2D eigenvalue weighted by Gasteiger charge is -2.35. The molecule has 0 saturated carbocycles. The first-order valence-corrected chi connectivity index (χ1v) is 8.99. The van der Waals surface area contributed by atoms with Crippen molar-refractivity contribution >= 4 is 24.2 Å². The molecule has 0 aliphatic carbocycles. The minimum absolute atomic E-state index is 0.0124. The second kappa shape index (κ2) is 8.32. The van der Waals surface area contributed by atoms with E-state index in [9.17, 15) is 17.7 Å². The Balaban J connectivity index is 2.10. The van der Waals surface area contributed by atoms with Crippen LogP contribution in [0.5, 0.6) is 0 Å². The third kappa shape index (κ3) is 5.80. The molecule has 0 radical (unpaired) electrons. The largest absolute Gasteiger partial charge is 0.509 e. The fourth-order valence-corrected chi connectivity index (χ4v) is 3.04. The summed E-state index contributed by atoms with van der Waals surface area (Å²) >= 11 is 0. The van der Waals surface area contributed by atoms with Crippen LogP contribution in [-0.4, -0.2) is 54.7 Å². The van der Waals surface area contributed by atoms with Crippen LogP contribution >= 0.6 is 0 Å². The number of carbonyl (C=O) groups is 1. The van der Waals surface area contributed by atoms with Gasteiger partial charge in [-0.25, -0.2) is 4.79 Å². The van der Waals surface area contributed by atoms with Gasteiger partial charge in [-0.2, -0.15) is 0 Å². The number of azide groups is 1. The molecule has 1 fully saturated rings. The number of amides is 1. The summed E-state index contributed by atoms with van der Waals surface area (Å²) < 4.78 is 45.4. The zero-order valence-corrected chi connectivity index (χ0v) is 16.5. The fraction of sp³-hybridized carbons (Fsp3) is 0.588. The summed E-state index contributed by atoms with van der Waals surface area (Å²) in [6.07, 6.45) is -0.393. The van der Waals surface area contributed by atoms with E-state index < -0.39 is 24.1 Å². The van der Waals surface area contributed by atoms with E-state index in [0.717, 1.165) is 6.07 Å². The third-order valence-corrected chi connectivity index (χ3v) is 4.42. The lowest BCUT2D eigenvalue weighted by Crippen LogP contribution is -2.49. The Labute approximate surface area is 162 Å². The minimum Gasteiger partial charge on any atom is -0.445 e. The van der Waals surface area contributed by atoms with Gasteiger partial charge in [0.25, 0.3) is 0 Å². The maximum atomic E-state index is 13.4. The Kier molecular flexibility index (Phi) is 6.51. The number of hydrogen-bond acceptors (Lipinski definition) is 4. The van der Waals surface area contributed by atoms with E-state index >= 15 is 0 Å². The van der Waals surface area contributed by atoms with Crippen LogP contribution in [0.2, 0.25) is 0 Å². The van der Waals surface area contributed by atoms with E-state index in [4.69, 9.17) is 10.3 Å². The molecule has 0 aromatic heterocycles. The van der Waals surface area contributed by atoms with Gasteiger partial charge in [0, 0.05) is 43.3 Å². The number of piperazine rings is 1. The molecule has 0 spiro atoms. The first-order chi connectivity index (χ1) is 12.9. The van der Waals surface area contributed by atoms with Crippen LogP contribution < -0.4 is 5.46 Å². The Bertz CT molecular complexity index is 780. The van der Waals surface area contributed by atoms with E-state index in [0.29, 0.717) is 31.7 Å². The van der Waals surface area contributed by atoms with Crippen LogP contribution in [0, 0.1) is 6.92 Å². The standard InChI is InChI=1S/C17H24BF3N5O2/c1-12-14(18(19,20)21)9-13(10-15(12)23-24-22)11-25-5-7-26(8-6-25)16(27)28-17(2,3)4/h9-10H,5-8,11H2,1-4H3/q-1. The van der Waals surface area contributed by atoms with Gasteiger partial charge in [0.1, 0.15) is 5.60 Å². The number of ether oxygens (including phenoxy) is 1. The average molecular weight is 398 g/mol. The monoisotopic (exact) mass is 398 g/mol. The molecule has 7 nitrogen and oxygen atoms in total. The summed E-state index contributed by atoms with van der Waals surface area (Å²) in [5.74, 6) is 0. The first kappa shape index (κ1) is 21.9. The van der Waals surface area contributed by atoms with E-state index in [1.54, 1.807) is 25.7 Å².